The first-order valence-corrected chi connectivity index (χ1v) is 7.11. The van der Waals surface area contributed by atoms with Crippen LogP contribution < -0.4 is 0 Å². The number of fused-ring (bicyclic) bond motifs is 1. The highest BCUT2D eigenvalue weighted by Crippen LogP contribution is 2.32. The Kier molecular flexibility index (Phi) is 3.36. The minimum atomic E-state index is 0.251. The molecule has 0 aliphatic rings. The predicted molar refractivity (Wildman–Crippen MR) is 84.2 cm³/mol. The van der Waals surface area contributed by atoms with E-state index in [0.29, 0.717) is 6.42 Å². The molecule has 0 atom stereocenters. The van der Waals surface area contributed by atoms with Crippen LogP contribution in [0.1, 0.15) is 11.1 Å². The lowest BCUT2D eigenvalue weighted by atomic mass is 9.97. The summed E-state index contributed by atoms with van der Waals surface area (Å²) in [4.78, 5) is 0. The van der Waals surface area contributed by atoms with Crippen molar-refractivity contribution in [2.45, 2.75) is 6.42 Å². The standard InChI is InChI=1S/C17H13BrO2/c18-13-6-7-14-11(9-13)5-8-17(20)15(14)10-12-3-1-2-4-16(12)19/h1-9,19-20H,10H2. The predicted octanol–water partition coefficient (Wildman–Crippen LogP) is 4.60. The number of phenols is 2. The normalized spacial score (nSPS) is 10.8. The molecule has 3 aromatic rings. The van der Waals surface area contributed by atoms with Gasteiger partial charge in [-0.25, -0.2) is 0 Å². The van der Waals surface area contributed by atoms with Gasteiger partial charge in [0.2, 0.25) is 0 Å². The average Bonchev–Trinajstić information content (AvgIpc) is 2.44. The van der Waals surface area contributed by atoms with E-state index >= 15 is 0 Å². The summed E-state index contributed by atoms with van der Waals surface area (Å²) in [6.07, 6.45) is 0.497. The Morgan fingerprint density at radius 2 is 1.65 bits per heavy atom. The van der Waals surface area contributed by atoms with E-state index in [0.717, 1.165) is 26.4 Å². The topological polar surface area (TPSA) is 40.5 Å². The van der Waals surface area contributed by atoms with Crippen LogP contribution in [0.15, 0.2) is 59.1 Å². The SMILES string of the molecule is Oc1ccccc1Cc1c(O)ccc2cc(Br)ccc12. The summed E-state index contributed by atoms with van der Waals surface area (Å²) >= 11 is 3.45. The number of hydrogen-bond acceptors (Lipinski definition) is 2. The van der Waals surface area contributed by atoms with Gasteiger partial charge in [0.25, 0.3) is 0 Å². The molecule has 3 heteroatoms. The zero-order valence-corrected chi connectivity index (χ0v) is 12.3. The second-order valence-electron chi connectivity index (χ2n) is 4.73. The third kappa shape index (κ3) is 2.37. The minimum Gasteiger partial charge on any atom is -0.508 e. The fourth-order valence-electron chi connectivity index (χ4n) is 2.39. The van der Waals surface area contributed by atoms with Gasteiger partial charge in [0.15, 0.2) is 0 Å². The van der Waals surface area contributed by atoms with Crippen molar-refractivity contribution < 1.29 is 10.2 Å². The molecule has 0 radical (unpaired) electrons. The number of rotatable bonds is 2. The van der Waals surface area contributed by atoms with E-state index < -0.39 is 0 Å². The molecule has 2 N–H and O–H groups in total. The van der Waals surface area contributed by atoms with Crippen molar-refractivity contribution in [2.24, 2.45) is 0 Å². The molecule has 100 valence electrons. The van der Waals surface area contributed by atoms with Crippen LogP contribution in [-0.2, 0) is 6.42 Å². The van der Waals surface area contributed by atoms with Gasteiger partial charge in [-0.2, -0.15) is 0 Å². The van der Waals surface area contributed by atoms with Gasteiger partial charge in [-0.05, 0) is 40.6 Å². The smallest absolute Gasteiger partial charge is 0.119 e. The minimum absolute atomic E-state index is 0.251. The lowest BCUT2D eigenvalue weighted by Crippen LogP contribution is -1.91. The van der Waals surface area contributed by atoms with Crippen LogP contribution in [0.3, 0.4) is 0 Å². The number of aromatic hydroxyl groups is 2. The summed E-state index contributed by atoms with van der Waals surface area (Å²) < 4.78 is 1.00. The molecule has 0 unspecified atom stereocenters. The molecular formula is C17H13BrO2. The summed E-state index contributed by atoms with van der Waals surface area (Å²) in [6, 6.07) is 16.7. The summed E-state index contributed by atoms with van der Waals surface area (Å²) in [5.74, 6) is 0.504. The maximum Gasteiger partial charge on any atom is 0.119 e. The third-order valence-electron chi connectivity index (χ3n) is 3.43. The van der Waals surface area contributed by atoms with Crippen molar-refractivity contribution in [3.05, 3.63) is 70.2 Å². The first-order valence-electron chi connectivity index (χ1n) is 6.32. The Morgan fingerprint density at radius 3 is 2.45 bits per heavy atom. The van der Waals surface area contributed by atoms with Gasteiger partial charge in [0.05, 0.1) is 0 Å². The van der Waals surface area contributed by atoms with Gasteiger partial charge in [-0.15, -0.1) is 0 Å². The Balaban J connectivity index is 2.15. The fourth-order valence-corrected chi connectivity index (χ4v) is 2.77. The molecule has 0 fully saturated rings. The molecule has 0 aliphatic carbocycles. The zero-order valence-electron chi connectivity index (χ0n) is 10.7. The molecule has 0 bridgehead atoms. The monoisotopic (exact) mass is 328 g/mol. The van der Waals surface area contributed by atoms with Crippen LogP contribution in [0.4, 0.5) is 0 Å². The Labute approximate surface area is 125 Å². The number of halogens is 1. The van der Waals surface area contributed by atoms with Gasteiger partial charge in [0.1, 0.15) is 11.5 Å². The van der Waals surface area contributed by atoms with E-state index in [1.165, 1.54) is 0 Å². The van der Waals surface area contributed by atoms with E-state index in [-0.39, 0.29) is 11.5 Å². The molecule has 2 nitrogen and oxygen atoms in total. The Bertz CT molecular complexity index is 781. The summed E-state index contributed by atoms with van der Waals surface area (Å²) in [5, 5.41) is 22.1. The second kappa shape index (κ2) is 5.17. The zero-order chi connectivity index (χ0) is 14.1. The van der Waals surface area contributed by atoms with Crippen molar-refractivity contribution in [1.82, 2.24) is 0 Å². The highest BCUT2D eigenvalue weighted by atomic mass is 79.9. The molecule has 0 saturated carbocycles. The van der Waals surface area contributed by atoms with Crippen LogP contribution in [0, 0.1) is 0 Å². The van der Waals surface area contributed by atoms with Crippen molar-refractivity contribution in [3.8, 4) is 11.5 Å². The Morgan fingerprint density at radius 1 is 0.850 bits per heavy atom. The molecule has 0 aliphatic heterocycles. The lowest BCUT2D eigenvalue weighted by molar-refractivity contribution is 0.464. The molecule has 0 spiro atoms. The van der Waals surface area contributed by atoms with Gasteiger partial charge in [-0.3, -0.25) is 0 Å². The fraction of sp³-hybridized carbons (Fsp3) is 0.0588. The third-order valence-corrected chi connectivity index (χ3v) is 3.92. The summed E-state index contributed by atoms with van der Waals surface area (Å²) in [7, 11) is 0. The van der Waals surface area contributed by atoms with Gasteiger partial charge < -0.3 is 10.2 Å². The maximum atomic E-state index is 10.1. The van der Waals surface area contributed by atoms with Gasteiger partial charge >= 0.3 is 0 Å². The average molecular weight is 329 g/mol. The van der Waals surface area contributed by atoms with E-state index in [1.807, 2.05) is 36.4 Å². The van der Waals surface area contributed by atoms with Crippen molar-refractivity contribution in [3.63, 3.8) is 0 Å². The first-order chi connectivity index (χ1) is 9.65. The maximum absolute atomic E-state index is 10.1. The molecule has 0 heterocycles. The molecule has 0 aromatic heterocycles. The van der Waals surface area contributed by atoms with Gasteiger partial charge in [-0.1, -0.05) is 46.3 Å². The summed E-state index contributed by atoms with van der Waals surface area (Å²) in [5.41, 5.74) is 1.63. The van der Waals surface area contributed by atoms with Crippen molar-refractivity contribution >= 4 is 26.7 Å². The van der Waals surface area contributed by atoms with Crippen LogP contribution in [0.5, 0.6) is 11.5 Å². The molecule has 3 aromatic carbocycles. The quantitative estimate of drug-likeness (QED) is 0.721. The van der Waals surface area contributed by atoms with E-state index in [1.54, 1.807) is 18.2 Å². The largest absolute Gasteiger partial charge is 0.508 e. The first kappa shape index (κ1) is 13.0. The van der Waals surface area contributed by atoms with E-state index in [4.69, 9.17) is 0 Å². The number of phenolic OH excluding ortho intramolecular Hbond substituents is 2. The molecule has 0 amide bonds. The van der Waals surface area contributed by atoms with Crippen molar-refractivity contribution in [2.75, 3.05) is 0 Å². The second-order valence-corrected chi connectivity index (χ2v) is 5.65. The Hall–Kier alpha value is -2.00. The summed E-state index contributed by atoms with van der Waals surface area (Å²) in [6.45, 7) is 0. The van der Waals surface area contributed by atoms with Crippen LogP contribution in [-0.4, -0.2) is 10.2 Å². The van der Waals surface area contributed by atoms with Crippen molar-refractivity contribution in [1.29, 1.82) is 0 Å². The van der Waals surface area contributed by atoms with E-state index in [9.17, 15) is 10.2 Å². The van der Waals surface area contributed by atoms with Crippen LogP contribution >= 0.6 is 15.9 Å². The highest BCUT2D eigenvalue weighted by Gasteiger charge is 2.10. The molecular weight excluding hydrogens is 316 g/mol. The number of para-hydroxylation sites is 1. The highest BCUT2D eigenvalue weighted by molar-refractivity contribution is 9.10. The molecule has 20 heavy (non-hydrogen) atoms. The van der Waals surface area contributed by atoms with Crippen LogP contribution in [0.2, 0.25) is 0 Å². The van der Waals surface area contributed by atoms with Crippen LogP contribution in [0.25, 0.3) is 10.8 Å². The number of hydrogen-bond donors (Lipinski definition) is 2. The number of benzene rings is 3. The lowest BCUT2D eigenvalue weighted by Gasteiger charge is -2.11. The molecule has 0 saturated heterocycles. The van der Waals surface area contributed by atoms with Gasteiger partial charge in [0, 0.05) is 16.5 Å². The van der Waals surface area contributed by atoms with E-state index in [2.05, 4.69) is 15.9 Å². The molecule has 3 rings (SSSR count).